The Hall–Kier alpha value is -1.07. The molecule has 18 heavy (non-hydrogen) atoms. The molecule has 0 bridgehead atoms. The van der Waals surface area contributed by atoms with Gasteiger partial charge in [0, 0.05) is 19.8 Å². The highest BCUT2D eigenvalue weighted by Gasteiger charge is 2.10. The summed E-state index contributed by atoms with van der Waals surface area (Å²) >= 11 is 3.18. The third-order valence-corrected chi connectivity index (χ3v) is 2.53. The molecule has 0 spiro atoms. The van der Waals surface area contributed by atoms with Gasteiger partial charge in [-0.1, -0.05) is 12.1 Å². The van der Waals surface area contributed by atoms with Gasteiger partial charge in [0.2, 0.25) is 0 Å². The molecule has 1 aromatic carbocycles. The zero-order chi connectivity index (χ0) is 13.2. The maximum atomic E-state index is 11.9. The van der Waals surface area contributed by atoms with Crippen molar-refractivity contribution in [2.75, 3.05) is 25.3 Å². The summed E-state index contributed by atoms with van der Waals surface area (Å²) < 4.78 is 10.5. The molecule has 0 unspecified atom stereocenters. The number of para-hydroxylation sites is 1. The van der Waals surface area contributed by atoms with Gasteiger partial charge in [-0.15, -0.1) is 0 Å². The van der Waals surface area contributed by atoms with Gasteiger partial charge in [-0.05, 0) is 41.4 Å². The van der Waals surface area contributed by atoms with Crippen LogP contribution in [0.15, 0.2) is 24.3 Å². The molecule has 1 rings (SSSR count). The minimum atomic E-state index is -0.122. The fraction of sp³-hybridized carbons (Fsp3) is 0.462. The van der Waals surface area contributed by atoms with Gasteiger partial charge in [0.05, 0.1) is 5.56 Å². The number of hydrogen-bond acceptors (Lipinski definition) is 3. The smallest absolute Gasteiger partial charge is 0.255 e. The molecule has 0 aliphatic carbocycles. The van der Waals surface area contributed by atoms with Crippen molar-refractivity contribution in [3.8, 4) is 5.75 Å². The van der Waals surface area contributed by atoms with Gasteiger partial charge < -0.3 is 14.8 Å². The second kappa shape index (κ2) is 8.94. The lowest BCUT2D eigenvalue weighted by atomic mass is 10.2. The molecule has 0 radical (unpaired) electrons. The summed E-state index contributed by atoms with van der Waals surface area (Å²) in [6, 6.07) is 7.17. The summed E-state index contributed by atoms with van der Waals surface area (Å²) in [4.78, 5) is 11.9. The quantitative estimate of drug-likeness (QED) is 0.592. The zero-order valence-corrected chi connectivity index (χ0v) is 12.0. The number of rotatable bonds is 8. The molecule has 5 heteroatoms. The molecule has 1 amide bonds. The summed E-state index contributed by atoms with van der Waals surface area (Å²) in [5, 5.41) is 2.84. The first-order valence-electron chi connectivity index (χ1n) is 5.93. The molecule has 0 aliphatic rings. The number of carbonyl (C=O) groups excluding carboxylic acids is 1. The minimum absolute atomic E-state index is 0.122. The van der Waals surface area contributed by atoms with Crippen LogP contribution in [0.2, 0.25) is 0 Å². The Morgan fingerprint density at radius 3 is 2.89 bits per heavy atom. The van der Waals surface area contributed by atoms with Crippen molar-refractivity contribution >= 4 is 21.8 Å². The summed E-state index contributed by atoms with van der Waals surface area (Å²) in [5.41, 5.74) is 0.912. The van der Waals surface area contributed by atoms with Gasteiger partial charge >= 0.3 is 0 Å². The topological polar surface area (TPSA) is 47.6 Å². The molecule has 1 aromatic rings. The van der Waals surface area contributed by atoms with Crippen molar-refractivity contribution in [2.45, 2.75) is 13.3 Å². The molecule has 0 saturated carbocycles. The lowest BCUT2D eigenvalue weighted by Crippen LogP contribution is -2.25. The van der Waals surface area contributed by atoms with Crippen molar-refractivity contribution in [3.05, 3.63) is 29.8 Å². The number of alkyl halides is 1. The highest BCUT2D eigenvalue weighted by molar-refractivity contribution is 9.09. The lowest BCUT2D eigenvalue weighted by Gasteiger charge is -2.09. The van der Waals surface area contributed by atoms with Crippen LogP contribution in [0.1, 0.15) is 23.7 Å². The van der Waals surface area contributed by atoms with Crippen LogP contribution >= 0.6 is 15.9 Å². The monoisotopic (exact) mass is 315 g/mol. The molecular formula is C13H18BrNO3. The number of amides is 1. The maximum Gasteiger partial charge on any atom is 0.255 e. The molecular weight excluding hydrogens is 298 g/mol. The fourth-order valence-corrected chi connectivity index (χ4v) is 1.70. The largest absolute Gasteiger partial charge is 0.482 e. The van der Waals surface area contributed by atoms with E-state index in [1.165, 1.54) is 0 Å². The predicted molar refractivity (Wildman–Crippen MR) is 74.3 cm³/mol. The first-order valence-corrected chi connectivity index (χ1v) is 7.05. The highest BCUT2D eigenvalue weighted by Crippen LogP contribution is 2.18. The Kier molecular flexibility index (Phi) is 7.44. The molecule has 0 fully saturated rings. The molecule has 4 nitrogen and oxygen atoms in total. The van der Waals surface area contributed by atoms with Crippen LogP contribution in [0.5, 0.6) is 5.75 Å². The minimum Gasteiger partial charge on any atom is -0.482 e. The first kappa shape index (κ1) is 15.0. The Morgan fingerprint density at radius 2 is 2.17 bits per heavy atom. The van der Waals surface area contributed by atoms with E-state index in [4.69, 9.17) is 9.47 Å². The molecule has 0 heterocycles. The zero-order valence-electron chi connectivity index (χ0n) is 10.4. The molecule has 0 aromatic heterocycles. The van der Waals surface area contributed by atoms with Crippen LogP contribution in [0, 0.1) is 0 Å². The summed E-state index contributed by atoms with van der Waals surface area (Å²) in [6.45, 7) is 3.92. The number of carbonyl (C=O) groups is 1. The second-order valence-electron chi connectivity index (χ2n) is 3.56. The van der Waals surface area contributed by atoms with E-state index in [-0.39, 0.29) is 5.91 Å². The van der Waals surface area contributed by atoms with E-state index >= 15 is 0 Å². The van der Waals surface area contributed by atoms with E-state index in [0.717, 1.165) is 6.42 Å². The van der Waals surface area contributed by atoms with Crippen LogP contribution in [0.4, 0.5) is 0 Å². The Bertz CT molecular complexity index is 371. The van der Waals surface area contributed by atoms with Gasteiger partial charge in [-0.2, -0.15) is 0 Å². The van der Waals surface area contributed by atoms with Gasteiger partial charge in [0.15, 0.2) is 0 Å². The summed E-state index contributed by atoms with van der Waals surface area (Å²) in [5.74, 6) is 0.458. The molecule has 1 N–H and O–H groups in total. The van der Waals surface area contributed by atoms with Crippen LogP contribution < -0.4 is 10.1 Å². The number of ether oxygens (including phenoxy) is 2. The summed E-state index contributed by atoms with van der Waals surface area (Å²) in [6.07, 6.45) is 0.807. The average molecular weight is 316 g/mol. The normalized spacial score (nSPS) is 10.1. The van der Waals surface area contributed by atoms with E-state index < -0.39 is 0 Å². The standard InChI is InChI=1S/C13H18BrNO3/c1-2-17-9-5-8-15-13(16)11-6-3-4-7-12(11)18-10-14/h3-4,6-7H,2,5,8-10H2,1H3,(H,15,16). The van der Waals surface area contributed by atoms with Crippen molar-refractivity contribution in [3.63, 3.8) is 0 Å². The maximum absolute atomic E-state index is 11.9. The Balaban J connectivity index is 2.45. The van der Waals surface area contributed by atoms with Crippen molar-refractivity contribution in [1.82, 2.24) is 5.32 Å². The van der Waals surface area contributed by atoms with Gasteiger partial charge in [0.1, 0.15) is 11.3 Å². The molecule has 0 atom stereocenters. The molecule has 0 aliphatic heterocycles. The highest BCUT2D eigenvalue weighted by atomic mass is 79.9. The van der Waals surface area contributed by atoms with Crippen molar-refractivity contribution in [2.24, 2.45) is 0 Å². The number of nitrogens with one attached hydrogen (secondary N) is 1. The third-order valence-electron chi connectivity index (χ3n) is 2.30. The number of benzene rings is 1. The SMILES string of the molecule is CCOCCCNC(=O)c1ccccc1OCBr. The van der Waals surface area contributed by atoms with E-state index in [2.05, 4.69) is 21.2 Å². The van der Waals surface area contributed by atoms with Crippen LogP contribution in [0.3, 0.4) is 0 Å². The Labute approximate surface area is 116 Å². The number of halogens is 1. The Morgan fingerprint density at radius 1 is 1.39 bits per heavy atom. The van der Waals surface area contributed by atoms with Gasteiger partial charge in [0.25, 0.3) is 5.91 Å². The van der Waals surface area contributed by atoms with Crippen LogP contribution in [0.25, 0.3) is 0 Å². The van der Waals surface area contributed by atoms with Crippen molar-refractivity contribution < 1.29 is 14.3 Å². The van der Waals surface area contributed by atoms with Crippen LogP contribution in [-0.2, 0) is 4.74 Å². The first-order chi connectivity index (χ1) is 8.79. The predicted octanol–water partition coefficient (Wildman–Crippen LogP) is 2.57. The summed E-state index contributed by atoms with van der Waals surface area (Å²) in [7, 11) is 0. The van der Waals surface area contributed by atoms with E-state index in [1.807, 2.05) is 19.1 Å². The lowest BCUT2D eigenvalue weighted by molar-refractivity contribution is 0.0941. The van der Waals surface area contributed by atoms with Gasteiger partial charge in [-0.25, -0.2) is 0 Å². The van der Waals surface area contributed by atoms with Gasteiger partial charge in [-0.3, -0.25) is 4.79 Å². The number of hydrogen-bond donors (Lipinski definition) is 1. The fourth-order valence-electron chi connectivity index (χ4n) is 1.45. The van der Waals surface area contributed by atoms with E-state index in [0.29, 0.717) is 36.6 Å². The van der Waals surface area contributed by atoms with Crippen molar-refractivity contribution in [1.29, 1.82) is 0 Å². The average Bonchev–Trinajstić information content (AvgIpc) is 2.39. The second-order valence-corrected chi connectivity index (χ2v) is 4.01. The third kappa shape index (κ3) is 5.06. The molecule has 0 saturated heterocycles. The van der Waals surface area contributed by atoms with E-state index in [9.17, 15) is 4.79 Å². The van der Waals surface area contributed by atoms with E-state index in [1.54, 1.807) is 12.1 Å². The van der Waals surface area contributed by atoms with Crippen LogP contribution in [-0.4, -0.2) is 31.2 Å². The molecule has 100 valence electrons.